The molecule has 146 valence electrons. The second kappa shape index (κ2) is 8.57. The molecule has 5 nitrogen and oxygen atoms in total. The summed E-state index contributed by atoms with van der Waals surface area (Å²) in [7, 11) is 1.77. The minimum absolute atomic E-state index is 0.249. The van der Waals surface area contributed by atoms with Crippen LogP contribution in [0.4, 0.5) is 4.39 Å². The highest BCUT2D eigenvalue weighted by Gasteiger charge is 2.20. The third-order valence-electron chi connectivity index (χ3n) is 5.06. The molecule has 0 bridgehead atoms. The topological polar surface area (TPSA) is 52.8 Å². The molecule has 27 heavy (non-hydrogen) atoms. The standard InChI is InChI=1S/C21H29FN4O/c1-14(2)13-26-9-7-17(8-10-26)25-21(23-4)24-12-20-15(3)18-11-16(22)5-6-19(18)27-20/h5-6,11,17H,1,7-10,12-13H2,2-4H3,(H2,23,24,25). The fourth-order valence-corrected chi connectivity index (χ4v) is 3.58. The number of benzene rings is 1. The number of halogens is 1. The number of piperidine rings is 1. The van der Waals surface area contributed by atoms with Gasteiger partial charge in [0.1, 0.15) is 17.2 Å². The molecule has 0 spiro atoms. The molecule has 1 aromatic carbocycles. The van der Waals surface area contributed by atoms with Gasteiger partial charge in [0, 0.05) is 43.7 Å². The Balaban J connectivity index is 1.54. The van der Waals surface area contributed by atoms with Crippen molar-refractivity contribution in [2.24, 2.45) is 4.99 Å². The molecule has 0 saturated carbocycles. The van der Waals surface area contributed by atoms with Crippen molar-refractivity contribution in [1.82, 2.24) is 15.5 Å². The number of rotatable bonds is 5. The summed E-state index contributed by atoms with van der Waals surface area (Å²) < 4.78 is 19.3. The van der Waals surface area contributed by atoms with Gasteiger partial charge in [-0.05, 0) is 44.9 Å². The van der Waals surface area contributed by atoms with Gasteiger partial charge in [0.25, 0.3) is 0 Å². The van der Waals surface area contributed by atoms with Gasteiger partial charge in [-0.1, -0.05) is 12.2 Å². The smallest absolute Gasteiger partial charge is 0.191 e. The van der Waals surface area contributed by atoms with E-state index in [4.69, 9.17) is 4.42 Å². The SMILES string of the molecule is C=C(C)CN1CCC(NC(=NC)NCc2oc3ccc(F)cc3c2C)CC1. The lowest BCUT2D eigenvalue weighted by Crippen LogP contribution is -2.48. The molecular formula is C21H29FN4O. The van der Waals surface area contributed by atoms with Gasteiger partial charge in [0.05, 0.1) is 6.54 Å². The van der Waals surface area contributed by atoms with Crippen molar-refractivity contribution in [3.8, 4) is 0 Å². The average Bonchev–Trinajstić information content (AvgIpc) is 2.95. The van der Waals surface area contributed by atoms with E-state index in [0.29, 0.717) is 18.2 Å². The number of nitrogens with zero attached hydrogens (tertiary/aromatic N) is 2. The second-order valence-corrected chi connectivity index (χ2v) is 7.37. The van der Waals surface area contributed by atoms with E-state index < -0.39 is 0 Å². The number of furan rings is 1. The highest BCUT2D eigenvalue weighted by Crippen LogP contribution is 2.25. The Bertz CT molecular complexity index is 834. The Hall–Kier alpha value is -2.34. The number of fused-ring (bicyclic) bond motifs is 1. The molecule has 1 aromatic heterocycles. The molecule has 1 fully saturated rings. The van der Waals surface area contributed by atoms with Crippen LogP contribution in [0.25, 0.3) is 11.0 Å². The molecule has 0 aliphatic carbocycles. The number of hydrogen-bond acceptors (Lipinski definition) is 3. The van der Waals surface area contributed by atoms with Crippen molar-refractivity contribution in [1.29, 1.82) is 0 Å². The maximum absolute atomic E-state index is 13.5. The van der Waals surface area contributed by atoms with E-state index in [1.54, 1.807) is 13.1 Å². The maximum atomic E-state index is 13.5. The molecule has 6 heteroatoms. The van der Waals surface area contributed by atoms with Crippen LogP contribution in [0, 0.1) is 12.7 Å². The van der Waals surface area contributed by atoms with E-state index in [9.17, 15) is 4.39 Å². The third-order valence-corrected chi connectivity index (χ3v) is 5.06. The Morgan fingerprint density at radius 2 is 2.11 bits per heavy atom. The van der Waals surface area contributed by atoms with Crippen molar-refractivity contribution in [2.45, 2.75) is 39.3 Å². The van der Waals surface area contributed by atoms with Gasteiger partial charge in [-0.3, -0.25) is 9.89 Å². The predicted octanol–water partition coefficient (Wildman–Crippen LogP) is 3.59. The van der Waals surface area contributed by atoms with Gasteiger partial charge < -0.3 is 15.1 Å². The van der Waals surface area contributed by atoms with Gasteiger partial charge in [-0.25, -0.2) is 4.39 Å². The zero-order chi connectivity index (χ0) is 19.4. The van der Waals surface area contributed by atoms with Crippen molar-refractivity contribution in [2.75, 3.05) is 26.7 Å². The average molecular weight is 372 g/mol. The zero-order valence-electron chi connectivity index (χ0n) is 16.4. The highest BCUT2D eigenvalue weighted by atomic mass is 19.1. The highest BCUT2D eigenvalue weighted by molar-refractivity contribution is 5.83. The Morgan fingerprint density at radius 1 is 1.37 bits per heavy atom. The predicted molar refractivity (Wildman–Crippen MR) is 109 cm³/mol. The van der Waals surface area contributed by atoms with E-state index in [0.717, 1.165) is 55.1 Å². The Labute approximate surface area is 160 Å². The largest absolute Gasteiger partial charge is 0.459 e. The molecule has 0 unspecified atom stereocenters. The van der Waals surface area contributed by atoms with E-state index >= 15 is 0 Å². The number of hydrogen-bond donors (Lipinski definition) is 2. The minimum Gasteiger partial charge on any atom is -0.459 e. The van der Waals surface area contributed by atoms with Gasteiger partial charge in [0.15, 0.2) is 5.96 Å². The second-order valence-electron chi connectivity index (χ2n) is 7.37. The normalized spacial score (nSPS) is 16.7. The van der Waals surface area contributed by atoms with Crippen molar-refractivity contribution < 1.29 is 8.81 Å². The summed E-state index contributed by atoms with van der Waals surface area (Å²) in [6, 6.07) is 5.02. The fourth-order valence-electron chi connectivity index (χ4n) is 3.58. The van der Waals surface area contributed by atoms with Crippen LogP contribution in [0.5, 0.6) is 0 Å². The quantitative estimate of drug-likeness (QED) is 0.478. The first kappa shape index (κ1) is 19.4. The number of aryl methyl sites for hydroxylation is 1. The van der Waals surface area contributed by atoms with E-state index in [-0.39, 0.29) is 5.82 Å². The summed E-state index contributed by atoms with van der Waals surface area (Å²) in [5, 5.41) is 7.64. The molecule has 0 atom stereocenters. The monoisotopic (exact) mass is 372 g/mol. The first-order chi connectivity index (χ1) is 13.0. The summed E-state index contributed by atoms with van der Waals surface area (Å²) in [5.74, 6) is 1.32. The zero-order valence-corrected chi connectivity index (χ0v) is 16.4. The molecule has 2 aromatic rings. The van der Waals surface area contributed by atoms with Crippen LogP contribution >= 0.6 is 0 Å². The van der Waals surface area contributed by atoms with Crippen LogP contribution in [-0.2, 0) is 6.54 Å². The Kier molecular flexibility index (Phi) is 6.16. The molecular weight excluding hydrogens is 343 g/mol. The molecule has 1 saturated heterocycles. The van der Waals surface area contributed by atoms with Crippen LogP contribution in [0.3, 0.4) is 0 Å². The minimum atomic E-state index is -0.249. The van der Waals surface area contributed by atoms with Gasteiger partial charge in [-0.15, -0.1) is 0 Å². The van der Waals surface area contributed by atoms with Crippen LogP contribution in [0.2, 0.25) is 0 Å². The van der Waals surface area contributed by atoms with Crippen molar-refractivity contribution in [3.05, 3.63) is 47.5 Å². The van der Waals surface area contributed by atoms with E-state index in [1.165, 1.54) is 17.7 Å². The molecule has 1 aliphatic heterocycles. The lowest BCUT2D eigenvalue weighted by atomic mass is 10.0. The van der Waals surface area contributed by atoms with Crippen LogP contribution < -0.4 is 10.6 Å². The lowest BCUT2D eigenvalue weighted by Gasteiger charge is -2.33. The summed E-state index contributed by atoms with van der Waals surface area (Å²) in [6.07, 6.45) is 2.16. The van der Waals surface area contributed by atoms with Crippen LogP contribution in [0.15, 0.2) is 39.8 Å². The number of likely N-dealkylation sites (tertiary alicyclic amines) is 1. The fraction of sp³-hybridized carbons (Fsp3) is 0.476. The summed E-state index contributed by atoms with van der Waals surface area (Å²) in [5.41, 5.74) is 2.87. The van der Waals surface area contributed by atoms with Gasteiger partial charge in [-0.2, -0.15) is 0 Å². The van der Waals surface area contributed by atoms with Gasteiger partial charge >= 0.3 is 0 Å². The first-order valence-corrected chi connectivity index (χ1v) is 9.47. The first-order valence-electron chi connectivity index (χ1n) is 9.47. The van der Waals surface area contributed by atoms with E-state index in [1.807, 2.05) is 6.92 Å². The molecule has 2 N–H and O–H groups in total. The molecule has 2 heterocycles. The lowest BCUT2D eigenvalue weighted by molar-refractivity contribution is 0.221. The third kappa shape index (κ3) is 4.89. The molecule has 3 rings (SSSR count). The van der Waals surface area contributed by atoms with Crippen LogP contribution in [0.1, 0.15) is 31.1 Å². The molecule has 1 aliphatic rings. The van der Waals surface area contributed by atoms with Crippen molar-refractivity contribution >= 4 is 16.9 Å². The number of nitrogens with one attached hydrogen (secondary N) is 2. The maximum Gasteiger partial charge on any atom is 0.191 e. The Morgan fingerprint density at radius 3 is 2.78 bits per heavy atom. The van der Waals surface area contributed by atoms with Crippen molar-refractivity contribution in [3.63, 3.8) is 0 Å². The van der Waals surface area contributed by atoms with Gasteiger partial charge in [0.2, 0.25) is 0 Å². The number of aliphatic imine (C=N–C) groups is 1. The van der Waals surface area contributed by atoms with Crippen LogP contribution in [-0.4, -0.2) is 43.6 Å². The van der Waals surface area contributed by atoms with E-state index in [2.05, 4.69) is 34.0 Å². The summed E-state index contributed by atoms with van der Waals surface area (Å²) >= 11 is 0. The molecule has 0 amide bonds. The summed E-state index contributed by atoms with van der Waals surface area (Å²) in [4.78, 5) is 6.77. The molecule has 0 radical (unpaired) electrons. The number of guanidine groups is 1. The summed E-state index contributed by atoms with van der Waals surface area (Å²) in [6.45, 7) is 11.6.